The zero-order valence-corrected chi connectivity index (χ0v) is 13.3. The van der Waals surface area contributed by atoms with Gasteiger partial charge in [-0.3, -0.25) is 4.79 Å². The summed E-state index contributed by atoms with van der Waals surface area (Å²) in [6.45, 7) is 1.97. The van der Waals surface area contributed by atoms with Gasteiger partial charge in [-0.05, 0) is 55.0 Å². The molecule has 0 heterocycles. The molecular weight excluding hydrogens is 318 g/mol. The Morgan fingerprint density at radius 3 is 2.35 bits per heavy atom. The van der Waals surface area contributed by atoms with Gasteiger partial charge in [-0.2, -0.15) is 0 Å². The molecule has 0 spiro atoms. The van der Waals surface area contributed by atoms with Gasteiger partial charge in [0.05, 0.1) is 7.11 Å². The SMILES string of the molecule is COc1ccc(N(C)C(=O)c2cc(C)cc(Br)c2)cc1. The number of hydrogen-bond acceptors (Lipinski definition) is 2. The summed E-state index contributed by atoms with van der Waals surface area (Å²) in [6.07, 6.45) is 0. The van der Waals surface area contributed by atoms with Gasteiger partial charge in [-0.15, -0.1) is 0 Å². The van der Waals surface area contributed by atoms with Gasteiger partial charge in [0.1, 0.15) is 5.75 Å². The van der Waals surface area contributed by atoms with Crippen LogP contribution in [0.2, 0.25) is 0 Å². The Morgan fingerprint density at radius 1 is 1.15 bits per heavy atom. The summed E-state index contributed by atoms with van der Waals surface area (Å²) < 4.78 is 6.02. The van der Waals surface area contributed by atoms with Crippen LogP contribution in [0, 0.1) is 6.92 Å². The Balaban J connectivity index is 2.27. The van der Waals surface area contributed by atoms with Crippen LogP contribution in [0.3, 0.4) is 0 Å². The van der Waals surface area contributed by atoms with Crippen molar-refractivity contribution in [1.82, 2.24) is 0 Å². The number of benzene rings is 2. The number of anilines is 1. The molecule has 0 aromatic heterocycles. The fraction of sp³-hybridized carbons (Fsp3) is 0.188. The maximum Gasteiger partial charge on any atom is 0.258 e. The molecule has 1 amide bonds. The Morgan fingerprint density at radius 2 is 1.80 bits per heavy atom. The molecule has 104 valence electrons. The third-order valence-electron chi connectivity index (χ3n) is 3.05. The van der Waals surface area contributed by atoms with Gasteiger partial charge in [0.2, 0.25) is 0 Å². The molecule has 0 atom stereocenters. The van der Waals surface area contributed by atoms with Gasteiger partial charge < -0.3 is 9.64 Å². The average Bonchev–Trinajstić information content (AvgIpc) is 2.45. The van der Waals surface area contributed by atoms with Crippen LogP contribution >= 0.6 is 15.9 Å². The Kier molecular flexibility index (Phi) is 4.45. The number of amides is 1. The van der Waals surface area contributed by atoms with Crippen molar-refractivity contribution in [1.29, 1.82) is 0 Å². The molecule has 0 fully saturated rings. The number of rotatable bonds is 3. The number of ether oxygens (including phenoxy) is 1. The number of aryl methyl sites for hydroxylation is 1. The van der Waals surface area contributed by atoms with E-state index in [1.807, 2.05) is 49.4 Å². The maximum absolute atomic E-state index is 12.5. The van der Waals surface area contributed by atoms with Gasteiger partial charge in [0.15, 0.2) is 0 Å². The molecule has 2 rings (SSSR count). The highest BCUT2D eigenvalue weighted by molar-refractivity contribution is 9.10. The Bertz CT molecular complexity index is 603. The lowest BCUT2D eigenvalue weighted by molar-refractivity contribution is 0.0993. The normalized spacial score (nSPS) is 10.2. The van der Waals surface area contributed by atoms with Crippen LogP contribution in [0.25, 0.3) is 0 Å². The molecule has 20 heavy (non-hydrogen) atoms. The predicted octanol–water partition coefficient (Wildman–Crippen LogP) is 4.04. The molecule has 0 aliphatic heterocycles. The van der Waals surface area contributed by atoms with Crippen molar-refractivity contribution < 1.29 is 9.53 Å². The van der Waals surface area contributed by atoms with Gasteiger partial charge in [0, 0.05) is 22.8 Å². The zero-order chi connectivity index (χ0) is 14.7. The first kappa shape index (κ1) is 14.6. The lowest BCUT2D eigenvalue weighted by Crippen LogP contribution is -2.26. The summed E-state index contributed by atoms with van der Waals surface area (Å²) in [5.41, 5.74) is 2.54. The summed E-state index contributed by atoms with van der Waals surface area (Å²) in [6, 6.07) is 13.1. The van der Waals surface area contributed by atoms with Gasteiger partial charge >= 0.3 is 0 Å². The van der Waals surface area contributed by atoms with E-state index in [2.05, 4.69) is 15.9 Å². The number of hydrogen-bond donors (Lipinski definition) is 0. The van der Waals surface area contributed by atoms with Gasteiger partial charge in [-0.25, -0.2) is 0 Å². The van der Waals surface area contributed by atoms with Crippen LogP contribution in [0.4, 0.5) is 5.69 Å². The number of carbonyl (C=O) groups excluding carboxylic acids is 1. The number of halogens is 1. The monoisotopic (exact) mass is 333 g/mol. The molecule has 0 unspecified atom stereocenters. The van der Waals surface area contributed by atoms with E-state index in [0.717, 1.165) is 21.5 Å². The molecule has 0 radical (unpaired) electrons. The molecule has 0 bridgehead atoms. The average molecular weight is 334 g/mol. The minimum Gasteiger partial charge on any atom is -0.497 e. The van der Waals surface area contributed by atoms with Crippen molar-refractivity contribution in [2.24, 2.45) is 0 Å². The van der Waals surface area contributed by atoms with Gasteiger partial charge in [-0.1, -0.05) is 15.9 Å². The first-order chi connectivity index (χ1) is 9.51. The first-order valence-corrected chi connectivity index (χ1v) is 7.00. The summed E-state index contributed by atoms with van der Waals surface area (Å²) in [5.74, 6) is 0.729. The third-order valence-corrected chi connectivity index (χ3v) is 3.51. The van der Waals surface area contributed by atoms with E-state index in [9.17, 15) is 4.79 Å². The highest BCUT2D eigenvalue weighted by Crippen LogP contribution is 2.22. The molecule has 0 aliphatic rings. The molecule has 0 N–H and O–H groups in total. The summed E-state index contributed by atoms with van der Waals surface area (Å²) in [7, 11) is 3.38. The maximum atomic E-state index is 12.5. The lowest BCUT2D eigenvalue weighted by Gasteiger charge is -2.18. The molecule has 0 saturated heterocycles. The highest BCUT2D eigenvalue weighted by Gasteiger charge is 2.14. The topological polar surface area (TPSA) is 29.5 Å². The minimum atomic E-state index is -0.0421. The fourth-order valence-electron chi connectivity index (χ4n) is 1.98. The van der Waals surface area contributed by atoms with Crippen LogP contribution < -0.4 is 9.64 Å². The largest absolute Gasteiger partial charge is 0.497 e. The molecule has 0 aliphatic carbocycles. The van der Waals surface area contributed by atoms with Crippen molar-refractivity contribution in [2.45, 2.75) is 6.92 Å². The number of nitrogens with zero attached hydrogens (tertiary/aromatic N) is 1. The standard InChI is InChI=1S/C16H16BrNO2/c1-11-8-12(10-13(17)9-11)16(19)18(2)14-4-6-15(20-3)7-5-14/h4-10H,1-3H3. The van der Waals surface area contributed by atoms with Crippen molar-refractivity contribution in [3.8, 4) is 5.75 Å². The fourth-order valence-corrected chi connectivity index (χ4v) is 2.58. The molecule has 2 aromatic carbocycles. The van der Waals surface area contributed by atoms with E-state index < -0.39 is 0 Å². The van der Waals surface area contributed by atoms with E-state index in [1.54, 1.807) is 19.1 Å². The van der Waals surface area contributed by atoms with Crippen LogP contribution in [0.15, 0.2) is 46.9 Å². The van der Waals surface area contributed by atoms with Crippen molar-refractivity contribution in [3.63, 3.8) is 0 Å². The molecule has 2 aromatic rings. The highest BCUT2D eigenvalue weighted by atomic mass is 79.9. The summed E-state index contributed by atoms with van der Waals surface area (Å²) >= 11 is 3.42. The molecular formula is C16H16BrNO2. The van der Waals surface area contributed by atoms with E-state index in [4.69, 9.17) is 4.74 Å². The molecule has 0 saturated carbocycles. The van der Waals surface area contributed by atoms with Crippen molar-refractivity contribution in [3.05, 3.63) is 58.1 Å². The second-order valence-corrected chi connectivity index (χ2v) is 5.50. The van der Waals surface area contributed by atoms with Crippen molar-refractivity contribution >= 4 is 27.5 Å². The smallest absolute Gasteiger partial charge is 0.258 e. The second-order valence-electron chi connectivity index (χ2n) is 4.58. The van der Waals surface area contributed by atoms with Crippen LogP contribution in [-0.4, -0.2) is 20.1 Å². The Labute approximate surface area is 127 Å². The van der Waals surface area contributed by atoms with Gasteiger partial charge in [0.25, 0.3) is 5.91 Å². The quantitative estimate of drug-likeness (QED) is 0.848. The van der Waals surface area contributed by atoms with E-state index in [1.165, 1.54) is 0 Å². The summed E-state index contributed by atoms with van der Waals surface area (Å²) in [5, 5.41) is 0. The first-order valence-electron chi connectivity index (χ1n) is 6.20. The van der Waals surface area contributed by atoms with Crippen LogP contribution in [0.1, 0.15) is 15.9 Å². The van der Waals surface area contributed by atoms with Crippen molar-refractivity contribution in [2.75, 3.05) is 19.1 Å². The number of methoxy groups -OCH3 is 1. The second kappa shape index (κ2) is 6.09. The molecule has 4 heteroatoms. The van der Waals surface area contributed by atoms with E-state index >= 15 is 0 Å². The Hall–Kier alpha value is -1.81. The third kappa shape index (κ3) is 3.20. The minimum absolute atomic E-state index is 0.0421. The number of carbonyl (C=O) groups is 1. The predicted molar refractivity (Wildman–Crippen MR) is 84.6 cm³/mol. The van der Waals surface area contributed by atoms with E-state index in [-0.39, 0.29) is 5.91 Å². The lowest BCUT2D eigenvalue weighted by atomic mass is 10.1. The van der Waals surface area contributed by atoms with Crippen LogP contribution in [-0.2, 0) is 0 Å². The molecule has 3 nitrogen and oxygen atoms in total. The summed E-state index contributed by atoms with van der Waals surface area (Å²) in [4.78, 5) is 14.1. The zero-order valence-electron chi connectivity index (χ0n) is 11.7. The van der Waals surface area contributed by atoms with Crippen LogP contribution in [0.5, 0.6) is 5.75 Å². The van der Waals surface area contributed by atoms with E-state index in [0.29, 0.717) is 5.56 Å².